The summed E-state index contributed by atoms with van der Waals surface area (Å²) in [6.45, 7) is 1.98. The molecule has 3 N–H and O–H groups in total. The number of rotatable bonds is 4. The molecule has 0 amide bonds. The zero-order valence-corrected chi connectivity index (χ0v) is 13.0. The Labute approximate surface area is 133 Å². The summed E-state index contributed by atoms with van der Waals surface area (Å²) in [5.74, 6) is -0.769. The molecule has 2 rings (SSSR count). The van der Waals surface area contributed by atoms with Crippen molar-refractivity contribution in [3.05, 3.63) is 69.0 Å². The average Bonchev–Trinajstić information content (AvgIpc) is 2.42. The van der Waals surface area contributed by atoms with E-state index in [0.717, 1.165) is 11.1 Å². The molecule has 0 spiro atoms. The molecule has 2 aromatic carbocycles. The minimum Gasteiger partial charge on any atom is -0.388 e. The van der Waals surface area contributed by atoms with Crippen LogP contribution in [0, 0.1) is 12.7 Å². The second-order valence-corrected chi connectivity index (χ2v) is 5.84. The second-order valence-electron chi connectivity index (χ2n) is 5.02. The molecular formula is C16H16Cl2FNO. The molecule has 2 nitrogen and oxygen atoms in total. The largest absolute Gasteiger partial charge is 0.388 e. The molecule has 0 heterocycles. The number of aryl methyl sites for hydroxylation is 1. The molecule has 0 aliphatic carbocycles. The van der Waals surface area contributed by atoms with Crippen LogP contribution >= 0.6 is 23.2 Å². The third-order valence-corrected chi connectivity index (χ3v) is 4.15. The van der Waals surface area contributed by atoms with Crippen molar-refractivity contribution in [3.63, 3.8) is 0 Å². The highest BCUT2D eigenvalue weighted by atomic mass is 35.5. The van der Waals surface area contributed by atoms with Gasteiger partial charge in [-0.2, -0.15) is 0 Å². The third-order valence-electron chi connectivity index (χ3n) is 3.41. The van der Waals surface area contributed by atoms with Crippen molar-refractivity contribution in [2.45, 2.75) is 18.9 Å². The van der Waals surface area contributed by atoms with Crippen molar-refractivity contribution in [2.75, 3.05) is 6.54 Å². The molecule has 0 aromatic heterocycles. The Morgan fingerprint density at radius 1 is 1.10 bits per heavy atom. The Hall–Kier alpha value is -1.13. The molecule has 0 saturated heterocycles. The fraction of sp³-hybridized carbons (Fsp3) is 0.250. The second kappa shape index (κ2) is 6.75. The van der Waals surface area contributed by atoms with Gasteiger partial charge in [-0.1, -0.05) is 35.3 Å². The summed E-state index contributed by atoms with van der Waals surface area (Å²) in [5, 5.41) is 11.4. The number of aliphatic hydroxyl groups is 1. The lowest BCUT2D eigenvalue weighted by Crippen LogP contribution is -2.20. The predicted octanol–water partition coefficient (Wildman–Crippen LogP) is 4.22. The lowest BCUT2D eigenvalue weighted by molar-refractivity contribution is 0.147. The van der Waals surface area contributed by atoms with Gasteiger partial charge in [0.1, 0.15) is 5.82 Å². The van der Waals surface area contributed by atoms with Crippen LogP contribution in [0.1, 0.15) is 28.7 Å². The number of hydrogen-bond donors (Lipinski definition) is 2. The minimum atomic E-state index is -0.915. The van der Waals surface area contributed by atoms with Crippen LogP contribution in [0.2, 0.25) is 10.0 Å². The molecule has 0 fully saturated rings. The number of nitrogens with two attached hydrogens (primary N) is 1. The van der Waals surface area contributed by atoms with E-state index >= 15 is 0 Å². The molecule has 0 saturated carbocycles. The highest BCUT2D eigenvalue weighted by Gasteiger charge is 2.23. The predicted molar refractivity (Wildman–Crippen MR) is 84.4 cm³/mol. The smallest absolute Gasteiger partial charge is 0.123 e. The summed E-state index contributed by atoms with van der Waals surface area (Å²) in [6.07, 6.45) is -0.915. The van der Waals surface area contributed by atoms with E-state index in [1.807, 2.05) is 0 Å². The van der Waals surface area contributed by atoms with Crippen LogP contribution in [-0.2, 0) is 0 Å². The summed E-state index contributed by atoms with van der Waals surface area (Å²) in [4.78, 5) is 0. The van der Waals surface area contributed by atoms with Crippen LogP contribution < -0.4 is 5.73 Å². The van der Waals surface area contributed by atoms with Crippen molar-refractivity contribution in [1.29, 1.82) is 0 Å². The van der Waals surface area contributed by atoms with E-state index in [1.165, 1.54) is 12.1 Å². The molecule has 0 radical (unpaired) electrons. The van der Waals surface area contributed by atoms with Gasteiger partial charge in [0.2, 0.25) is 0 Å². The van der Waals surface area contributed by atoms with Gasteiger partial charge >= 0.3 is 0 Å². The number of hydrogen-bond acceptors (Lipinski definition) is 2. The van der Waals surface area contributed by atoms with Crippen molar-refractivity contribution >= 4 is 23.2 Å². The minimum absolute atomic E-state index is 0.203. The van der Waals surface area contributed by atoms with Gasteiger partial charge in [-0.25, -0.2) is 4.39 Å². The van der Waals surface area contributed by atoms with Crippen molar-refractivity contribution in [2.24, 2.45) is 5.73 Å². The topological polar surface area (TPSA) is 46.2 Å². The molecule has 112 valence electrons. The zero-order chi connectivity index (χ0) is 15.6. The molecule has 5 heteroatoms. The Morgan fingerprint density at radius 2 is 1.81 bits per heavy atom. The van der Waals surface area contributed by atoms with Gasteiger partial charge < -0.3 is 10.8 Å². The highest BCUT2D eigenvalue weighted by molar-refractivity contribution is 6.42. The van der Waals surface area contributed by atoms with Gasteiger partial charge in [0, 0.05) is 12.5 Å². The molecule has 21 heavy (non-hydrogen) atoms. The molecule has 2 atom stereocenters. The van der Waals surface area contributed by atoms with Gasteiger partial charge in [0.15, 0.2) is 0 Å². The molecule has 2 unspecified atom stereocenters. The van der Waals surface area contributed by atoms with Crippen molar-refractivity contribution < 1.29 is 9.50 Å². The number of benzene rings is 2. The third kappa shape index (κ3) is 3.74. The molecule has 0 aliphatic heterocycles. The number of halogens is 3. The molecule has 2 aromatic rings. The molecular weight excluding hydrogens is 312 g/mol. The van der Waals surface area contributed by atoms with Gasteiger partial charge in [-0.3, -0.25) is 0 Å². The van der Waals surface area contributed by atoms with Crippen molar-refractivity contribution in [1.82, 2.24) is 0 Å². The first-order chi connectivity index (χ1) is 9.92. The SMILES string of the molecule is Cc1cc(F)cc(C(O)C(CN)c2ccc(Cl)c(Cl)c2)c1. The standard InChI is InChI=1S/C16H16Cl2FNO/c1-9-4-11(6-12(19)5-9)16(21)13(8-20)10-2-3-14(17)15(18)7-10/h2-7,13,16,21H,8,20H2,1H3. The monoisotopic (exact) mass is 327 g/mol. The fourth-order valence-corrected chi connectivity index (χ4v) is 2.66. The molecule has 0 aliphatic rings. The van der Waals surface area contributed by atoms with E-state index in [0.29, 0.717) is 15.6 Å². The highest BCUT2D eigenvalue weighted by Crippen LogP contribution is 2.34. The quantitative estimate of drug-likeness (QED) is 0.883. The lowest BCUT2D eigenvalue weighted by atomic mass is 9.88. The Morgan fingerprint density at radius 3 is 2.38 bits per heavy atom. The Bertz CT molecular complexity index is 628. The van der Waals surface area contributed by atoms with E-state index in [-0.39, 0.29) is 18.3 Å². The molecule has 0 bridgehead atoms. The van der Waals surface area contributed by atoms with E-state index in [1.54, 1.807) is 31.2 Å². The maximum Gasteiger partial charge on any atom is 0.123 e. The Balaban J connectivity index is 2.37. The van der Waals surface area contributed by atoms with E-state index in [4.69, 9.17) is 28.9 Å². The maximum absolute atomic E-state index is 13.5. The van der Waals surface area contributed by atoms with Gasteiger partial charge in [-0.05, 0) is 47.9 Å². The van der Waals surface area contributed by atoms with Gasteiger partial charge in [0.25, 0.3) is 0 Å². The van der Waals surface area contributed by atoms with Crippen LogP contribution in [-0.4, -0.2) is 11.7 Å². The van der Waals surface area contributed by atoms with Gasteiger partial charge in [-0.15, -0.1) is 0 Å². The summed E-state index contributed by atoms with van der Waals surface area (Å²) >= 11 is 11.9. The van der Waals surface area contributed by atoms with Crippen LogP contribution in [0.15, 0.2) is 36.4 Å². The number of aliphatic hydroxyl groups excluding tert-OH is 1. The van der Waals surface area contributed by atoms with Crippen LogP contribution in [0.25, 0.3) is 0 Å². The first kappa shape index (κ1) is 16.2. The van der Waals surface area contributed by atoms with Crippen LogP contribution in [0.4, 0.5) is 4.39 Å². The van der Waals surface area contributed by atoms with Crippen LogP contribution in [0.3, 0.4) is 0 Å². The lowest BCUT2D eigenvalue weighted by Gasteiger charge is -2.23. The maximum atomic E-state index is 13.5. The van der Waals surface area contributed by atoms with Gasteiger partial charge in [0.05, 0.1) is 16.1 Å². The Kier molecular flexibility index (Phi) is 5.22. The summed E-state index contributed by atoms with van der Waals surface area (Å²) < 4.78 is 13.5. The van der Waals surface area contributed by atoms with Crippen molar-refractivity contribution in [3.8, 4) is 0 Å². The normalized spacial score (nSPS) is 14.0. The van der Waals surface area contributed by atoms with E-state index < -0.39 is 6.10 Å². The average molecular weight is 328 g/mol. The fourth-order valence-electron chi connectivity index (χ4n) is 2.36. The summed E-state index contributed by atoms with van der Waals surface area (Å²) in [5.41, 5.74) is 7.78. The van der Waals surface area contributed by atoms with E-state index in [2.05, 4.69) is 0 Å². The first-order valence-corrected chi connectivity index (χ1v) is 7.28. The summed E-state index contributed by atoms with van der Waals surface area (Å²) in [6, 6.07) is 9.57. The van der Waals surface area contributed by atoms with E-state index in [9.17, 15) is 9.50 Å². The zero-order valence-electron chi connectivity index (χ0n) is 11.5. The van der Waals surface area contributed by atoms with Crippen LogP contribution in [0.5, 0.6) is 0 Å². The first-order valence-electron chi connectivity index (χ1n) is 6.52. The summed E-state index contributed by atoms with van der Waals surface area (Å²) in [7, 11) is 0.